The molecule has 2 heterocycles. The van der Waals surface area contributed by atoms with Gasteiger partial charge in [-0.3, -0.25) is 28.9 Å². The zero-order chi connectivity index (χ0) is 21.2. The van der Waals surface area contributed by atoms with E-state index in [1.54, 1.807) is 0 Å². The summed E-state index contributed by atoms with van der Waals surface area (Å²) in [6.45, 7) is 0.571. The van der Waals surface area contributed by atoms with Crippen LogP contribution < -0.4 is 5.32 Å². The molecule has 0 radical (unpaired) electrons. The molecule has 0 unspecified atom stereocenters. The Balaban J connectivity index is 1.43. The van der Waals surface area contributed by atoms with Crippen molar-refractivity contribution in [3.63, 3.8) is 0 Å². The zero-order valence-corrected chi connectivity index (χ0v) is 16.2. The Hall–Kier alpha value is -3.04. The number of hydroxylamine groups is 2. The molecular formula is C19H25N3O7. The van der Waals surface area contributed by atoms with Crippen molar-refractivity contribution in [3.05, 3.63) is 12.2 Å². The summed E-state index contributed by atoms with van der Waals surface area (Å²) >= 11 is 0. The van der Waals surface area contributed by atoms with Gasteiger partial charge >= 0.3 is 5.97 Å². The average Bonchev–Trinajstić information content (AvgIpc) is 3.17. The number of carbonyl (C=O) groups excluding carboxylic acids is 6. The monoisotopic (exact) mass is 407 g/mol. The summed E-state index contributed by atoms with van der Waals surface area (Å²) in [6, 6.07) is 0. The molecule has 1 fully saturated rings. The molecule has 5 amide bonds. The van der Waals surface area contributed by atoms with Crippen molar-refractivity contribution in [3.8, 4) is 0 Å². The number of rotatable bonds is 12. The van der Waals surface area contributed by atoms with Gasteiger partial charge in [0.15, 0.2) is 0 Å². The molecule has 0 spiro atoms. The lowest BCUT2D eigenvalue weighted by Crippen LogP contribution is -2.34. The summed E-state index contributed by atoms with van der Waals surface area (Å²) in [5.74, 6) is -2.57. The highest BCUT2D eigenvalue weighted by atomic mass is 16.7. The summed E-state index contributed by atoms with van der Waals surface area (Å²) in [4.78, 5) is 74.6. The second kappa shape index (κ2) is 11.1. The van der Waals surface area contributed by atoms with Gasteiger partial charge in [-0.15, -0.1) is 5.06 Å². The van der Waals surface area contributed by atoms with E-state index < -0.39 is 29.6 Å². The van der Waals surface area contributed by atoms with Crippen molar-refractivity contribution in [2.75, 3.05) is 13.1 Å². The fourth-order valence-electron chi connectivity index (χ4n) is 2.91. The van der Waals surface area contributed by atoms with Gasteiger partial charge in [0.1, 0.15) is 0 Å². The van der Waals surface area contributed by atoms with Crippen LogP contribution in [0.5, 0.6) is 0 Å². The van der Waals surface area contributed by atoms with Crippen LogP contribution in [0.25, 0.3) is 0 Å². The van der Waals surface area contributed by atoms with Crippen LogP contribution in [0.3, 0.4) is 0 Å². The Morgan fingerprint density at radius 2 is 1.45 bits per heavy atom. The molecule has 2 rings (SSSR count). The lowest BCUT2D eigenvalue weighted by Gasteiger charge is -2.13. The Morgan fingerprint density at radius 3 is 2.10 bits per heavy atom. The standard InChI is InChI=1S/C19H25N3O7/c23-14(11-13-21-15(24)7-8-16(21)25)20-12-5-3-1-2-4-6-19(28)29-22-17(26)9-10-18(22)27/h7-8H,1-6,9-13H2,(H,20,23). The third-order valence-electron chi connectivity index (χ3n) is 4.54. The van der Waals surface area contributed by atoms with Crippen LogP contribution >= 0.6 is 0 Å². The Morgan fingerprint density at radius 1 is 0.862 bits per heavy atom. The van der Waals surface area contributed by atoms with E-state index in [0.717, 1.165) is 30.6 Å². The second-order valence-electron chi connectivity index (χ2n) is 6.82. The first-order valence-electron chi connectivity index (χ1n) is 9.75. The van der Waals surface area contributed by atoms with Crippen LogP contribution in [0, 0.1) is 0 Å². The summed E-state index contributed by atoms with van der Waals surface area (Å²) in [7, 11) is 0. The quantitative estimate of drug-likeness (QED) is 0.365. The fraction of sp³-hybridized carbons (Fsp3) is 0.579. The molecule has 2 aliphatic rings. The van der Waals surface area contributed by atoms with Crippen LogP contribution in [0.4, 0.5) is 0 Å². The van der Waals surface area contributed by atoms with Gasteiger partial charge < -0.3 is 10.2 Å². The minimum Gasteiger partial charge on any atom is -0.356 e. The highest BCUT2D eigenvalue weighted by molar-refractivity contribution is 6.13. The summed E-state index contributed by atoms with van der Waals surface area (Å²) < 4.78 is 0. The van der Waals surface area contributed by atoms with E-state index in [-0.39, 0.29) is 38.1 Å². The van der Waals surface area contributed by atoms with E-state index in [0.29, 0.717) is 18.0 Å². The van der Waals surface area contributed by atoms with Gasteiger partial charge in [-0.05, 0) is 12.8 Å². The van der Waals surface area contributed by atoms with Crippen LogP contribution in [0.2, 0.25) is 0 Å². The van der Waals surface area contributed by atoms with Gasteiger partial charge in [-0.2, -0.15) is 0 Å². The zero-order valence-electron chi connectivity index (χ0n) is 16.2. The molecular weight excluding hydrogens is 382 g/mol. The van der Waals surface area contributed by atoms with Gasteiger partial charge in [0.05, 0.1) is 0 Å². The van der Waals surface area contributed by atoms with E-state index >= 15 is 0 Å². The van der Waals surface area contributed by atoms with E-state index in [2.05, 4.69) is 5.32 Å². The first-order chi connectivity index (χ1) is 13.9. The molecule has 0 atom stereocenters. The van der Waals surface area contributed by atoms with Crippen molar-refractivity contribution in [2.24, 2.45) is 0 Å². The lowest BCUT2D eigenvalue weighted by atomic mass is 10.1. The average molecular weight is 407 g/mol. The number of hydrogen-bond donors (Lipinski definition) is 1. The third kappa shape index (κ3) is 7.13. The molecule has 0 aromatic heterocycles. The largest absolute Gasteiger partial charge is 0.356 e. The number of carbonyl (C=O) groups is 6. The van der Waals surface area contributed by atoms with Crippen molar-refractivity contribution in [1.29, 1.82) is 0 Å². The van der Waals surface area contributed by atoms with Crippen LogP contribution in [-0.2, 0) is 33.6 Å². The smallest absolute Gasteiger partial charge is 0.333 e. The van der Waals surface area contributed by atoms with Gasteiger partial charge in [-0.25, -0.2) is 4.79 Å². The Labute approximate surface area is 168 Å². The van der Waals surface area contributed by atoms with Gasteiger partial charge in [-0.1, -0.05) is 19.3 Å². The molecule has 1 N–H and O–H groups in total. The fourth-order valence-corrected chi connectivity index (χ4v) is 2.91. The van der Waals surface area contributed by atoms with Crippen molar-refractivity contribution in [1.82, 2.24) is 15.3 Å². The SMILES string of the molecule is O=C(CCN1C(=O)C=CC1=O)NCCCCCCCC(=O)ON1C(=O)CCC1=O. The molecule has 10 heteroatoms. The van der Waals surface area contributed by atoms with Crippen molar-refractivity contribution < 1.29 is 33.6 Å². The molecule has 2 aliphatic heterocycles. The van der Waals surface area contributed by atoms with Crippen molar-refractivity contribution in [2.45, 2.75) is 57.8 Å². The number of amides is 5. The molecule has 0 bridgehead atoms. The topological polar surface area (TPSA) is 130 Å². The number of unbranched alkanes of at least 4 members (excludes halogenated alkanes) is 4. The summed E-state index contributed by atoms with van der Waals surface area (Å²) in [5, 5.41) is 3.29. The Kier molecular flexibility index (Phi) is 8.50. The molecule has 0 saturated carbocycles. The van der Waals surface area contributed by atoms with E-state index in [1.165, 1.54) is 12.2 Å². The number of nitrogens with one attached hydrogen (secondary N) is 1. The number of imide groups is 2. The van der Waals surface area contributed by atoms with Crippen LogP contribution in [0.15, 0.2) is 12.2 Å². The molecule has 158 valence electrons. The predicted molar refractivity (Wildman–Crippen MR) is 98.4 cm³/mol. The minimum atomic E-state index is -0.592. The maximum Gasteiger partial charge on any atom is 0.333 e. The molecule has 1 saturated heterocycles. The lowest BCUT2D eigenvalue weighted by molar-refractivity contribution is -0.197. The highest BCUT2D eigenvalue weighted by Crippen LogP contribution is 2.14. The molecule has 29 heavy (non-hydrogen) atoms. The van der Waals surface area contributed by atoms with Crippen LogP contribution in [-0.4, -0.2) is 58.6 Å². The third-order valence-corrected chi connectivity index (χ3v) is 4.54. The first kappa shape index (κ1) is 22.3. The normalized spacial score (nSPS) is 16.1. The van der Waals surface area contributed by atoms with Gasteiger partial charge in [0, 0.05) is 50.9 Å². The molecule has 0 aromatic carbocycles. The number of nitrogens with zero attached hydrogens (tertiary/aromatic N) is 2. The second-order valence-corrected chi connectivity index (χ2v) is 6.82. The van der Waals surface area contributed by atoms with Crippen LogP contribution in [0.1, 0.15) is 57.8 Å². The van der Waals surface area contributed by atoms with Crippen molar-refractivity contribution >= 4 is 35.5 Å². The maximum atomic E-state index is 11.7. The van der Waals surface area contributed by atoms with Gasteiger partial charge in [0.25, 0.3) is 23.6 Å². The predicted octanol–water partition coefficient (Wildman–Crippen LogP) is 0.365. The molecule has 0 aliphatic carbocycles. The summed E-state index contributed by atoms with van der Waals surface area (Å²) in [5.41, 5.74) is 0. The summed E-state index contributed by atoms with van der Waals surface area (Å²) in [6.07, 6.45) is 6.62. The molecule has 0 aromatic rings. The van der Waals surface area contributed by atoms with E-state index in [9.17, 15) is 28.8 Å². The highest BCUT2D eigenvalue weighted by Gasteiger charge is 2.32. The minimum absolute atomic E-state index is 0.0707. The maximum absolute atomic E-state index is 11.7. The number of hydrogen-bond acceptors (Lipinski definition) is 7. The Bertz CT molecular complexity index is 683. The molecule has 10 nitrogen and oxygen atoms in total. The first-order valence-corrected chi connectivity index (χ1v) is 9.75. The van der Waals surface area contributed by atoms with Gasteiger partial charge in [0.2, 0.25) is 5.91 Å². The van der Waals surface area contributed by atoms with E-state index in [4.69, 9.17) is 4.84 Å². The van der Waals surface area contributed by atoms with E-state index in [1.807, 2.05) is 0 Å².